The molecule has 7 nitrogen and oxygen atoms in total. The summed E-state index contributed by atoms with van der Waals surface area (Å²) in [7, 11) is 1.38. The standard InChI is InChI=1S/C28H33NO6S/c1-19(22-11-13-28(14-12-22)34-16-17-35-28)25-20(2)24(26(30)32-3)23(36-25)10-7-15-29-27(31)33-18-21-8-5-4-6-9-21/h4-6,8-9,19,22H,11-18H2,1-3H3,(H,29,31). The average Bonchev–Trinajstić information content (AvgIpc) is 3.49. The van der Waals surface area contributed by atoms with Gasteiger partial charge in [0.1, 0.15) is 6.61 Å². The molecule has 36 heavy (non-hydrogen) atoms. The van der Waals surface area contributed by atoms with Crippen LogP contribution in [-0.2, 0) is 25.6 Å². The van der Waals surface area contributed by atoms with E-state index in [-0.39, 0.29) is 24.9 Å². The van der Waals surface area contributed by atoms with E-state index in [1.165, 1.54) is 7.11 Å². The first kappa shape index (κ1) is 26.2. The molecule has 0 bridgehead atoms. The number of carbonyl (C=O) groups is 2. The van der Waals surface area contributed by atoms with E-state index in [0.29, 0.717) is 29.6 Å². The minimum absolute atomic E-state index is 0.112. The number of rotatable bonds is 6. The zero-order chi connectivity index (χ0) is 25.5. The Morgan fingerprint density at radius 2 is 1.89 bits per heavy atom. The van der Waals surface area contributed by atoms with E-state index in [4.69, 9.17) is 18.9 Å². The number of ether oxygens (including phenoxy) is 4. The van der Waals surface area contributed by atoms with Crippen molar-refractivity contribution in [3.8, 4) is 11.8 Å². The lowest BCUT2D eigenvalue weighted by molar-refractivity contribution is -0.183. The molecule has 1 amide bonds. The molecular formula is C28H33NO6S. The molecule has 1 saturated carbocycles. The SMILES string of the molecule is COC(=O)c1c(C#CCNC(=O)OCc2ccccc2)sc(C(C)C2CCC3(CC2)OCCO3)c1C. The van der Waals surface area contributed by atoms with Gasteiger partial charge < -0.3 is 24.3 Å². The smallest absolute Gasteiger partial charge is 0.408 e. The van der Waals surface area contributed by atoms with Gasteiger partial charge in [-0.25, -0.2) is 9.59 Å². The van der Waals surface area contributed by atoms with Crippen molar-refractivity contribution in [2.24, 2.45) is 5.92 Å². The molecule has 192 valence electrons. The Kier molecular flexibility index (Phi) is 8.68. The first-order valence-electron chi connectivity index (χ1n) is 12.4. The van der Waals surface area contributed by atoms with Crippen LogP contribution >= 0.6 is 11.3 Å². The van der Waals surface area contributed by atoms with E-state index in [9.17, 15) is 9.59 Å². The Hall–Kier alpha value is -2.86. The quantitative estimate of drug-likeness (QED) is 0.426. The summed E-state index contributed by atoms with van der Waals surface area (Å²) in [5, 5.41) is 2.64. The zero-order valence-electron chi connectivity index (χ0n) is 21.1. The van der Waals surface area contributed by atoms with E-state index in [1.54, 1.807) is 11.3 Å². The fourth-order valence-corrected chi connectivity index (χ4v) is 6.31. The summed E-state index contributed by atoms with van der Waals surface area (Å²) in [4.78, 5) is 26.4. The summed E-state index contributed by atoms with van der Waals surface area (Å²) in [6.45, 7) is 5.84. The van der Waals surface area contributed by atoms with Gasteiger partial charge in [0.25, 0.3) is 0 Å². The number of hydrogen-bond acceptors (Lipinski definition) is 7. The van der Waals surface area contributed by atoms with Gasteiger partial charge in [-0.15, -0.1) is 11.3 Å². The molecule has 2 aliphatic rings. The van der Waals surface area contributed by atoms with Crippen LogP contribution in [0.3, 0.4) is 0 Å². The van der Waals surface area contributed by atoms with Crippen LogP contribution in [0.2, 0.25) is 0 Å². The van der Waals surface area contributed by atoms with E-state index in [1.807, 2.05) is 37.3 Å². The van der Waals surface area contributed by atoms with Crippen molar-refractivity contribution < 1.29 is 28.5 Å². The summed E-state index contributed by atoms with van der Waals surface area (Å²) in [6.07, 6.45) is 3.29. The number of methoxy groups -OCH3 is 1. The molecule has 1 aromatic carbocycles. The molecule has 2 heterocycles. The second-order valence-corrected chi connectivity index (χ2v) is 10.3. The lowest BCUT2D eigenvalue weighted by atomic mass is 9.77. The summed E-state index contributed by atoms with van der Waals surface area (Å²) >= 11 is 1.54. The normalized spacial score (nSPS) is 17.8. The minimum atomic E-state index is -0.539. The Morgan fingerprint density at radius 3 is 2.56 bits per heavy atom. The van der Waals surface area contributed by atoms with E-state index < -0.39 is 12.1 Å². The fourth-order valence-electron chi connectivity index (χ4n) is 5.00. The number of thiophene rings is 1. The molecule has 2 fully saturated rings. The van der Waals surface area contributed by atoms with Crippen LogP contribution in [0.15, 0.2) is 30.3 Å². The van der Waals surface area contributed by atoms with Crippen molar-refractivity contribution in [2.45, 2.75) is 57.8 Å². The number of hydrogen-bond donors (Lipinski definition) is 1. The maximum Gasteiger partial charge on any atom is 0.408 e. The van der Waals surface area contributed by atoms with Crippen LogP contribution in [-0.4, -0.2) is 44.7 Å². The number of amides is 1. The Bertz CT molecular complexity index is 1120. The average molecular weight is 512 g/mol. The highest BCUT2D eigenvalue weighted by Gasteiger charge is 2.42. The molecule has 8 heteroatoms. The second-order valence-electron chi connectivity index (χ2n) is 9.24. The van der Waals surface area contributed by atoms with Gasteiger partial charge in [0.05, 0.1) is 37.3 Å². The van der Waals surface area contributed by atoms with Crippen molar-refractivity contribution in [3.05, 3.63) is 56.8 Å². The molecule has 0 radical (unpaired) electrons. The van der Waals surface area contributed by atoms with Crippen LogP contribution in [0.4, 0.5) is 4.79 Å². The Balaban J connectivity index is 1.39. The third-order valence-corrected chi connectivity index (χ3v) is 8.44. The van der Waals surface area contributed by atoms with Crippen molar-refractivity contribution in [1.82, 2.24) is 5.32 Å². The molecule has 1 aromatic heterocycles. The van der Waals surface area contributed by atoms with Gasteiger partial charge in [-0.2, -0.15) is 0 Å². The second kappa shape index (κ2) is 11.9. The van der Waals surface area contributed by atoms with Gasteiger partial charge in [0.15, 0.2) is 5.79 Å². The summed E-state index contributed by atoms with van der Waals surface area (Å²) in [6, 6.07) is 9.47. The molecule has 1 saturated heterocycles. The summed E-state index contributed by atoms with van der Waals surface area (Å²) in [5.41, 5.74) is 2.35. The van der Waals surface area contributed by atoms with Crippen LogP contribution in [0.5, 0.6) is 0 Å². The predicted molar refractivity (Wildman–Crippen MR) is 137 cm³/mol. The monoisotopic (exact) mass is 511 g/mol. The van der Waals surface area contributed by atoms with Gasteiger partial charge in [0.2, 0.25) is 0 Å². The van der Waals surface area contributed by atoms with Gasteiger partial charge in [0, 0.05) is 17.7 Å². The first-order chi connectivity index (χ1) is 17.4. The first-order valence-corrected chi connectivity index (χ1v) is 13.2. The number of nitrogens with one attached hydrogen (secondary N) is 1. The molecule has 1 spiro atoms. The predicted octanol–water partition coefficient (Wildman–Crippen LogP) is 5.16. The molecule has 4 rings (SSSR count). The van der Waals surface area contributed by atoms with Gasteiger partial charge in [-0.05, 0) is 42.7 Å². The van der Waals surface area contributed by atoms with Gasteiger partial charge >= 0.3 is 12.1 Å². The lowest BCUT2D eigenvalue weighted by Gasteiger charge is -2.37. The molecule has 1 N–H and O–H groups in total. The summed E-state index contributed by atoms with van der Waals surface area (Å²) < 4.78 is 22.0. The maximum absolute atomic E-state index is 12.6. The minimum Gasteiger partial charge on any atom is -0.465 e. The Labute approximate surface area is 216 Å². The highest BCUT2D eigenvalue weighted by Crippen LogP contribution is 2.46. The highest BCUT2D eigenvalue weighted by molar-refractivity contribution is 7.13. The number of benzene rings is 1. The van der Waals surface area contributed by atoms with Crippen molar-refractivity contribution in [3.63, 3.8) is 0 Å². The van der Waals surface area contributed by atoms with Crippen molar-refractivity contribution >= 4 is 23.4 Å². The van der Waals surface area contributed by atoms with Crippen molar-refractivity contribution in [2.75, 3.05) is 26.9 Å². The van der Waals surface area contributed by atoms with Gasteiger partial charge in [-0.1, -0.05) is 49.1 Å². The van der Waals surface area contributed by atoms with E-state index in [2.05, 4.69) is 24.1 Å². The van der Waals surface area contributed by atoms with Crippen LogP contribution < -0.4 is 5.32 Å². The van der Waals surface area contributed by atoms with Crippen LogP contribution in [0, 0.1) is 24.7 Å². The molecule has 1 aliphatic carbocycles. The van der Waals surface area contributed by atoms with Gasteiger partial charge in [-0.3, -0.25) is 0 Å². The number of alkyl carbamates (subject to hydrolysis) is 1. The van der Waals surface area contributed by atoms with Crippen LogP contribution in [0.25, 0.3) is 0 Å². The highest BCUT2D eigenvalue weighted by atomic mass is 32.1. The Morgan fingerprint density at radius 1 is 1.19 bits per heavy atom. The maximum atomic E-state index is 12.6. The molecule has 1 atom stereocenters. The third-order valence-electron chi connectivity index (χ3n) is 7.04. The fraction of sp³-hybridized carbons (Fsp3) is 0.500. The molecular weight excluding hydrogens is 478 g/mol. The van der Waals surface area contributed by atoms with Crippen LogP contribution in [0.1, 0.15) is 69.8 Å². The summed E-state index contributed by atoms with van der Waals surface area (Å²) in [5.74, 6) is 6.00. The van der Waals surface area contributed by atoms with E-state index in [0.717, 1.165) is 41.7 Å². The molecule has 2 aromatic rings. The topological polar surface area (TPSA) is 83.1 Å². The zero-order valence-corrected chi connectivity index (χ0v) is 21.9. The van der Waals surface area contributed by atoms with Crippen molar-refractivity contribution in [1.29, 1.82) is 0 Å². The number of carbonyl (C=O) groups excluding carboxylic acids is 2. The largest absolute Gasteiger partial charge is 0.465 e. The molecule has 1 unspecified atom stereocenters. The third kappa shape index (κ3) is 6.09. The molecule has 1 aliphatic heterocycles. The number of esters is 1. The lowest BCUT2D eigenvalue weighted by Crippen LogP contribution is -2.36. The van der Waals surface area contributed by atoms with E-state index >= 15 is 0 Å².